The molecule has 0 N–H and O–H groups in total. The van der Waals surface area contributed by atoms with E-state index in [9.17, 15) is 13.2 Å². The molecule has 0 nitrogen and oxygen atoms in total. The van der Waals surface area contributed by atoms with Gasteiger partial charge in [0, 0.05) is 0 Å². The standard InChI is InChI=1S/C11H11F3.C2H6/c1-7-4-9(8-2-3-8)6-10(5-7)11(12,13)14;1-2/h4-6,8H,2-3H2,1H3;1-2H3. The maximum absolute atomic E-state index is 12.4. The average Bonchev–Trinajstić information content (AvgIpc) is 3.02. The normalized spacial score (nSPS) is 15.4. The molecule has 90 valence electrons. The molecule has 0 amide bonds. The molecule has 0 aliphatic heterocycles. The summed E-state index contributed by atoms with van der Waals surface area (Å²) in [5, 5.41) is 0. The third kappa shape index (κ3) is 3.26. The van der Waals surface area contributed by atoms with Gasteiger partial charge in [-0.25, -0.2) is 0 Å². The van der Waals surface area contributed by atoms with Gasteiger partial charge >= 0.3 is 6.18 Å². The van der Waals surface area contributed by atoms with Crippen LogP contribution in [0.15, 0.2) is 18.2 Å². The molecular formula is C13H17F3. The number of hydrogen-bond donors (Lipinski definition) is 0. The molecule has 3 heteroatoms. The first-order valence-electron chi connectivity index (χ1n) is 5.65. The maximum Gasteiger partial charge on any atom is 0.416 e. The highest BCUT2D eigenvalue weighted by Crippen LogP contribution is 2.42. The first-order valence-corrected chi connectivity index (χ1v) is 5.65. The van der Waals surface area contributed by atoms with Gasteiger partial charge in [-0.1, -0.05) is 25.5 Å². The summed E-state index contributed by atoms with van der Waals surface area (Å²) in [5.41, 5.74) is 1.03. The number of halogens is 3. The van der Waals surface area contributed by atoms with Crippen molar-refractivity contribution in [2.45, 2.75) is 45.7 Å². The van der Waals surface area contributed by atoms with Crippen molar-refractivity contribution in [3.8, 4) is 0 Å². The summed E-state index contributed by atoms with van der Waals surface area (Å²) in [6.45, 7) is 5.71. The molecule has 1 fully saturated rings. The van der Waals surface area contributed by atoms with Gasteiger partial charge in [-0.2, -0.15) is 13.2 Å². The molecule has 0 bridgehead atoms. The minimum atomic E-state index is -4.21. The Morgan fingerprint density at radius 1 is 1.06 bits per heavy atom. The summed E-state index contributed by atoms with van der Waals surface area (Å²) < 4.78 is 37.3. The van der Waals surface area contributed by atoms with Gasteiger partial charge in [0.25, 0.3) is 0 Å². The van der Waals surface area contributed by atoms with E-state index in [0.29, 0.717) is 11.5 Å². The minimum absolute atomic E-state index is 0.371. The predicted molar refractivity (Wildman–Crippen MR) is 59.5 cm³/mol. The van der Waals surface area contributed by atoms with Crippen molar-refractivity contribution in [2.24, 2.45) is 0 Å². The Labute approximate surface area is 94.5 Å². The van der Waals surface area contributed by atoms with Gasteiger partial charge in [0.05, 0.1) is 5.56 Å². The molecule has 0 unspecified atom stereocenters. The van der Waals surface area contributed by atoms with Crippen LogP contribution in [-0.4, -0.2) is 0 Å². The van der Waals surface area contributed by atoms with Crippen molar-refractivity contribution < 1.29 is 13.2 Å². The minimum Gasteiger partial charge on any atom is -0.166 e. The zero-order chi connectivity index (χ0) is 12.3. The Kier molecular flexibility index (Phi) is 4.00. The largest absolute Gasteiger partial charge is 0.416 e. The quantitative estimate of drug-likeness (QED) is 0.642. The van der Waals surface area contributed by atoms with E-state index in [1.165, 1.54) is 12.1 Å². The summed E-state index contributed by atoms with van der Waals surface area (Å²) in [6, 6.07) is 4.34. The van der Waals surface area contributed by atoms with Crippen LogP contribution in [0.4, 0.5) is 13.2 Å². The third-order valence-corrected chi connectivity index (χ3v) is 2.48. The summed E-state index contributed by atoms with van der Waals surface area (Å²) in [5.74, 6) is 0.371. The van der Waals surface area contributed by atoms with E-state index < -0.39 is 11.7 Å². The third-order valence-electron chi connectivity index (χ3n) is 2.48. The first kappa shape index (κ1) is 13.1. The Balaban J connectivity index is 0.000000606. The molecule has 1 aromatic carbocycles. The molecule has 0 atom stereocenters. The zero-order valence-electron chi connectivity index (χ0n) is 9.86. The Morgan fingerprint density at radius 3 is 2.06 bits per heavy atom. The highest BCUT2D eigenvalue weighted by Gasteiger charge is 2.32. The SMILES string of the molecule is CC.Cc1cc(C2CC2)cc(C(F)(F)F)c1. The molecule has 1 saturated carbocycles. The van der Waals surface area contributed by atoms with Crippen LogP contribution in [0.5, 0.6) is 0 Å². The smallest absolute Gasteiger partial charge is 0.166 e. The maximum atomic E-state index is 12.4. The summed E-state index contributed by atoms with van der Waals surface area (Å²) in [6.07, 6.45) is -2.16. The molecule has 1 aliphatic rings. The lowest BCUT2D eigenvalue weighted by Crippen LogP contribution is -2.05. The van der Waals surface area contributed by atoms with Crippen molar-refractivity contribution >= 4 is 0 Å². The second-order valence-corrected chi connectivity index (χ2v) is 3.90. The molecule has 16 heavy (non-hydrogen) atoms. The summed E-state index contributed by atoms with van der Waals surface area (Å²) in [7, 11) is 0. The van der Waals surface area contributed by atoms with Gasteiger partial charge in [0.2, 0.25) is 0 Å². The fourth-order valence-corrected chi connectivity index (χ4v) is 1.63. The van der Waals surface area contributed by atoms with Crippen LogP contribution in [-0.2, 0) is 6.18 Å². The van der Waals surface area contributed by atoms with Crippen LogP contribution in [0.3, 0.4) is 0 Å². The molecule has 1 aromatic rings. The van der Waals surface area contributed by atoms with E-state index in [2.05, 4.69) is 0 Å². The number of rotatable bonds is 1. The van der Waals surface area contributed by atoms with Gasteiger partial charge in [0.1, 0.15) is 0 Å². The fraction of sp³-hybridized carbons (Fsp3) is 0.538. The van der Waals surface area contributed by atoms with Crippen molar-refractivity contribution in [3.05, 3.63) is 34.9 Å². The van der Waals surface area contributed by atoms with E-state index in [1.54, 1.807) is 6.92 Å². The Bertz CT molecular complexity index is 349. The first-order chi connectivity index (χ1) is 7.47. The molecular weight excluding hydrogens is 213 g/mol. The second kappa shape index (κ2) is 4.89. The van der Waals surface area contributed by atoms with Crippen LogP contribution in [0, 0.1) is 6.92 Å². The van der Waals surface area contributed by atoms with E-state index in [0.717, 1.165) is 18.4 Å². The molecule has 0 spiro atoms. The second-order valence-electron chi connectivity index (χ2n) is 3.90. The Hall–Kier alpha value is -0.990. The lowest BCUT2D eigenvalue weighted by Gasteiger charge is -2.09. The van der Waals surface area contributed by atoms with E-state index in [-0.39, 0.29) is 0 Å². The van der Waals surface area contributed by atoms with Gasteiger partial charge in [-0.05, 0) is 43.4 Å². The van der Waals surface area contributed by atoms with E-state index in [4.69, 9.17) is 0 Å². The van der Waals surface area contributed by atoms with Crippen molar-refractivity contribution in [3.63, 3.8) is 0 Å². The monoisotopic (exact) mass is 230 g/mol. The van der Waals surface area contributed by atoms with Gasteiger partial charge in [-0.3, -0.25) is 0 Å². The van der Waals surface area contributed by atoms with Crippen molar-refractivity contribution in [1.29, 1.82) is 0 Å². The van der Waals surface area contributed by atoms with Crippen molar-refractivity contribution in [1.82, 2.24) is 0 Å². The Morgan fingerprint density at radius 2 is 1.62 bits per heavy atom. The van der Waals surface area contributed by atoms with Crippen LogP contribution in [0.25, 0.3) is 0 Å². The fourth-order valence-electron chi connectivity index (χ4n) is 1.63. The van der Waals surface area contributed by atoms with Gasteiger partial charge in [-0.15, -0.1) is 0 Å². The van der Waals surface area contributed by atoms with Crippen LogP contribution in [0.2, 0.25) is 0 Å². The molecule has 0 heterocycles. The van der Waals surface area contributed by atoms with Gasteiger partial charge in [0.15, 0.2) is 0 Å². The average molecular weight is 230 g/mol. The number of aryl methyl sites for hydroxylation is 1. The van der Waals surface area contributed by atoms with Crippen LogP contribution >= 0.6 is 0 Å². The topological polar surface area (TPSA) is 0 Å². The van der Waals surface area contributed by atoms with E-state index in [1.807, 2.05) is 19.9 Å². The van der Waals surface area contributed by atoms with Crippen LogP contribution in [0.1, 0.15) is 49.3 Å². The summed E-state index contributed by atoms with van der Waals surface area (Å²) >= 11 is 0. The van der Waals surface area contributed by atoms with Crippen molar-refractivity contribution in [2.75, 3.05) is 0 Å². The van der Waals surface area contributed by atoms with E-state index >= 15 is 0 Å². The number of alkyl halides is 3. The molecule has 2 rings (SSSR count). The molecule has 0 aromatic heterocycles. The molecule has 0 radical (unpaired) electrons. The zero-order valence-corrected chi connectivity index (χ0v) is 9.86. The number of benzene rings is 1. The van der Waals surface area contributed by atoms with Crippen LogP contribution < -0.4 is 0 Å². The highest BCUT2D eigenvalue weighted by molar-refractivity contribution is 5.35. The summed E-state index contributed by atoms with van der Waals surface area (Å²) in [4.78, 5) is 0. The highest BCUT2D eigenvalue weighted by atomic mass is 19.4. The number of hydrogen-bond acceptors (Lipinski definition) is 0. The predicted octanol–water partition coefficient (Wildman–Crippen LogP) is 4.92. The molecule has 0 saturated heterocycles. The van der Waals surface area contributed by atoms with Gasteiger partial charge < -0.3 is 0 Å². The lowest BCUT2D eigenvalue weighted by molar-refractivity contribution is -0.137. The lowest BCUT2D eigenvalue weighted by atomic mass is 10.0. The molecule has 1 aliphatic carbocycles.